The van der Waals surface area contributed by atoms with Gasteiger partial charge in [0.2, 0.25) is 0 Å². The highest BCUT2D eigenvalue weighted by atomic mass is 32.1. The number of nitrogens with zero attached hydrogens (tertiary/aromatic N) is 2. The highest BCUT2D eigenvalue weighted by molar-refractivity contribution is 7.09. The molecule has 1 aliphatic rings. The lowest BCUT2D eigenvalue weighted by Gasteiger charge is -2.37. The minimum absolute atomic E-state index is 0.294. The molecule has 1 aliphatic heterocycles. The molecule has 2 unspecified atom stereocenters. The molecule has 1 aromatic rings. The predicted molar refractivity (Wildman–Crippen MR) is 79.8 cm³/mol. The molecule has 2 rings (SSSR count). The van der Waals surface area contributed by atoms with Crippen LogP contribution in [0.15, 0.2) is 11.7 Å². The second kappa shape index (κ2) is 7.94. The molecule has 1 N–H and O–H groups in total. The fourth-order valence-electron chi connectivity index (χ4n) is 2.65. The first kappa shape index (κ1) is 14.9. The van der Waals surface area contributed by atoms with E-state index in [1.54, 1.807) is 11.3 Å². The molecule has 0 saturated carbocycles. The highest BCUT2D eigenvalue weighted by Crippen LogP contribution is 2.16. The molecule has 0 radical (unpaired) electrons. The van der Waals surface area contributed by atoms with Crippen molar-refractivity contribution in [2.45, 2.75) is 38.8 Å². The van der Waals surface area contributed by atoms with Crippen molar-refractivity contribution >= 4 is 11.3 Å². The van der Waals surface area contributed by atoms with Crippen LogP contribution in [0.25, 0.3) is 0 Å². The summed E-state index contributed by atoms with van der Waals surface area (Å²) >= 11 is 1.73. The Kier molecular flexibility index (Phi) is 6.23. The number of hydrogen-bond donors (Lipinski definition) is 1. The predicted octanol–water partition coefficient (Wildman–Crippen LogP) is 1.77. The van der Waals surface area contributed by atoms with Gasteiger partial charge < -0.3 is 10.1 Å². The Labute approximate surface area is 120 Å². The topological polar surface area (TPSA) is 37.4 Å². The van der Waals surface area contributed by atoms with Gasteiger partial charge in [-0.1, -0.05) is 13.8 Å². The van der Waals surface area contributed by atoms with Crippen molar-refractivity contribution in [1.82, 2.24) is 15.2 Å². The van der Waals surface area contributed by atoms with Gasteiger partial charge in [-0.25, -0.2) is 0 Å². The second-order valence-corrected chi connectivity index (χ2v) is 6.02. The molecule has 0 aromatic carbocycles. The molecular weight excluding hydrogens is 258 g/mol. The van der Waals surface area contributed by atoms with Gasteiger partial charge in [0.05, 0.1) is 18.2 Å². The summed E-state index contributed by atoms with van der Waals surface area (Å²) in [7, 11) is 0. The van der Waals surface area contributed by atoms with E-state index >= 15 is 0 Å². The quantitative estimate of drug-likeness (QED) is 0.827. The van der Waals surface area contributed by atoms with Crippen LogP contribution in [-0.2, 0) is 11.2 Å². The van der Waals surface area contributed by atoms with E-state index in [0.717, 1.165) is 32.7 Å². The summed E-state index contributed by atoms with van der Waals surface area (Å²) < 4.78 is 6.00. The van der Waals surface area contributed by atoms with Crippen molar-refractivity contribution in [1.29, 1.82) is 0 Å². The zero-order chi connectivity index (χ0) is 13.5. The Morgan fingerprint density at radius 1 is 1.58 bits per heavy atom. The van der Waals surface area contributed by atoms with Crippen molar-refractivity contribution in [3.05, 3.63) is 16.6 Å². The van der Waals surface area contributed by atoms with Gasteiger partial charge in [0.15, 0.2) is 0 Å². The SMILES string of the molecule is CCCN1CCOC(C(Cc2cncs2)NCC)C1. The van der Waals surface area contributed by atoms with Crippen LogP contribution in [0.2, 0.25) is 0 Å². The zero-order valence-electron chi connectivity index (χ0n) is 12.0. The van der Waals surface area contributed by atoms with Crippen molar-refractivity contribution < 1.29 is 4.74 Å². The molecule has 0 amide bonds. The summed E-state index contributed by atoms with van der Waals surface area (Å²) in [5.74, 6) is 0. The number of likely N-dealkylation sites (N-methyl/N-ethyl adjacent to an activating group) is 1. The van der Waals surface area contributed by atoms with Crippen LogP contribution in [0, 0.1) is 0 Å². The maximum absolute atomic E-state index is 6.00. The number of nitrogens with one attached hydrogen (secondary N) is 1. The Morgan fingerprint density at radius 2 is 2.47 bits per heavy atom. The molecule has 5 heteroatoms. The minimum Gasteiger partial charge on any atom is -0.374 e. The fraction of sp³-hybridized carbons (Fsp3) is 0.786. The van der Waals surface area contributed by atoms with Gasteiger partial charge in [-0.15, -0.1) is 11.3 Å². The first-order valence-corrected chi connectivity index (χ1v) is 8.16. The lowest BCUT2D eigenvalue weighted by atomic mass is 10.0. The first-order chi connectivity index (χ1) is 9.33. The fourth-order valence-corrected chi connectivity index (χ4v) is 3.31. The van der Waals surface area contributed by atoms with Gasteiger partial charge in [0, 0.05) is 36.6 Å². The Balaban J connectivity index is 1.93. The van der Waals surface area contributed by atoms with Crippen LogP contribution < -0.4 is 5.32 Å². The molecular formula is C14H25N3OS. The Morgan fingerprint density at radius 3 is 3.16 bits per heavy atom. The van der Waals surface area contributed by atoms with Crippen LogP contribution in [-0.4, -0.2) is 54.8 Å². The molecule has 1 saturated heterocycles. The Bertz CT molecular complexity index is 342. The standard InChI is InChI=1S/C14H25N3OS/c1-3-5-17-6-7-18-14(10-17)13(16-4-2)8-12-9-15-11-19-12/h9,11,13-14,16H,3-8,10H2,1-2H3. The number of morpholine rings is 1. The highest BCUT2D eigenvalue weighted by Gasteiger charge is 2.27. The molecule has 0 aliphatic carbocycles. The van der Waals surface area contributed by atoms with E-state index in [-0.39, 0.29) is 0 Å². The van der Waals surface area contributed by atoms with Gasteiger partial charge in [-0.05, 0) is 19.5 Å². The maximum Gasteiger partial charge on any atom is 0.0858 e. The molecule has 19 heavy (non-hydrogen) atoms. The van der Waals surface area contributed by atoms with Crippen molar-refractivity contribution in [2.24, 2.45) is 0 Å². The Hall–Kier alpha value is -0.490. The summed E-state index contributed by atoms with van der Waals surface area (Å²) in [5.41, 5.74) is 1.91. The van der Waals surface area contributed by atoms with E-state index in [9.17, 15) is 0 Å². The molecule has 1 fully saturated rings. The molecule has 108 valence electrons. The lowest BCUT2D eigenvalue weighted by Crippen LogP contribution is -2.53. The summed E-state index contributed by atoms with van der Waals surface area (Å²) in [5, 5.41) is 3.58. The van der Waals surface area contributed by atoms with Gasteiger partial charge in [0.1, 0.15) is 0 Å². The number of ether oxygens (including phenoxy) is 1. The average Bonchev–Trinajstić information content (AvgIpc) is 2.92. The zero-order valence-corrected chi connectivity index (χ0v) is 12.8. The van der Waals surface area contributed by atoms with Crippen molar-refractivity contribution in [2.75, 3.05) is 32.8 Å². The van der Waals surface area contributed by atoms with E-state index < -0.39 is 0 Å². The van der Waals surface area contributed by atoms with Gasteiger partial charge in [-0.3, -0.25) is 9.88 Å². The lowest BCUT2D eigenvalue weighted by molar-refractivity contribution is -0.0458. The van der Waals surface area contributed by atoms with Crippen LogP contribution in [0.3, 0.4) is 0 Å². The average molecular weight is 283 g/mol. The van der Waals surface area contributed by atoms with E-state index in [2.05, 4.69) is 29.0 Å². The normalized spacial score (nSPS) is 22.5. The first-order valence-electron chi connectivity index (χ1n) is 7.28. The number of thiazole rings is 1. The molecule has 4 nitrogen and oxygen atoms in total. The van der Waals surface area contributed by atoms with E-state index in [4.69, 9.17) is 4.74 Å². The van der Waals surface area contributed by atoms with Crippen molar-refractivity contribution in [3.63, 3.8) is 0 Å². The van der Waals surface area contributed by atoms with E-state index in [1.165, 1.54) is 17.8 Å². The smallest absolute Gasteiger partial charge is 0.0858 e. The molecule has 0 bridgehead atoms. The van der Waals surface area contributed by atoms with Gasteiger partial charge in [-0.2, -0.15) is 0 Å². The van der Waals surface area contributed by atoms with Gasteiger partial charge >= 0.3 is 0 Å². The molecule has 1 aromatic heterocycles. The number of aromatic nitrogens is 1. The maximum atomic E-state index is 6.00. The third-order valence-corrected chi connectivity index (χ3v) is 4.34. The molecule has 2 heterocycles. The van der Waals surface area contributed by atoms with Crippen LogP contribution in [0.5, 0.6) is 0 Å². The van der Waals surface area contributed by atoms with E-state index in [0.29, 0.717) is 12.1 Å². The summed E-state index contributed by atoms with van der Waals surface area (Å²) in [6.07, 6.45) is 4.50. The largest absolute Gasteiger partial charge is 0.374 e. The number of rotatable bonds is 7. The summed E-state index contributed by atoms with van der Waals surface area (Å²) in [6.45, 7) is 9.54. The second-order valence-electron chi connectivity index (χ2n) is 5.05. The van der Waals surface area contributed by atoms with Crippen LogP contribution >= 0.6 is 11.3 Å². The van der Waals surface area contributed by atoms with Crippen LogP contribution in [0.1, 0.15) is 25.1 Å². The minimum atomic E-state index is 0.294. The third kappa shape index (κ3) is 4.53. The molecule has 2 atom stereocenters. The van der Waals surface area contributed by atoms with E-state index in [1.807, 2.05) is 11.7 Å². The summed E-state index contributed by atoms with van der Waals surface area (Å²) in [6, 6.07) is 0.394. The van der Waals surface area contributed by atoms with Crippen LogP contribution in [0.4, 0.5) is 0 Å². The van der Waals surface area contributed by atoms with Gasteiger partial charge in [0.25, 0.3) is 0 Å². The monoisotopic (exact) mass is 283 g/mol. The molecule has 0 spiro atoms. The summed E-state index contributed by atoms with van der Waals surface area (Å²) in [4.78, 5) is 8.02. The van der Waals surface area contributed by atoms with Crippen molar-refractivity contribution in [3.8, 4) is 0 Å². The third-order valence-electron chi connectivity index (χ3n) is 3.54. The number of hydrogen-bond acceptors (Lipinski definition) is 5.